The molecule has 0 saturated carbocycles. The molecular formula is C22H28N2O4S. The van der Waals surface area contributed by atoms with Crippen LogP contribution in [0.4, 0.5) is 0 Å². The third kappa shape index (κ3) is 6.30. The summed E-state index contributed by atoms with van der Waals surface area (Å²) in [6.45, 7) is 4.46. The first-order chi connectivity index (χ1) is 14.0. The molecule has 2 heterocycles. The summed E-state index contributed by atoms with van der Waals surface area (Å²) in [5.41, 5.74) is 0.615. The third-order valence-electron chi connectivity index (χ3n) is 4.95. The van der Waals surface area contributed by atoms with Crippen LogP contribution in [-0.4, -0.2) is 49.6 Å². The first-order valence-electron chi connectivity index (χ1n) is 9.92. The van der Waals surface area contributed by atoms with Crippen molar-refractivity contribution in [2.75, 3.05) is 26.8 Å². The Morgan fingerprint density at radius 2 is 1.86 bits per heavy atom. The predicted octanol–water partition coefficient (Wildman–Crippen LogP) is 3.39. The lowest BCUT2D eigenvalue weighted by molar-refractivity contribution is -0.133. The Morgan fingerprint density at radius 3 is 2.48 bits per heavy atom. The Bertz CT molecular complexity index is 810. The highest BCUT2D eigenvalue weighted by Crippen LogP contribution is 2.20. The number of carbonyl (C=O) groups is 2. The van der Waals surface area contributed by atoms with Gasteiger partial charge in [-0.15, -0.1) is 11.3 Å². The van der Waals surface area contributed by atoms with Gasteiger partial charge in [0.25, 0.3) is 5.91 Å². The average Bonchev–Trinajstić information content (AvgIpc) is 3.16. The van der Waals surface area contributed by atoms with Crippen LogP contribution in [0.5, 0.6) is 5.75 Å². The van der Waals surface area contributed by atoms with E-state index in [1.165, 1.54) is 4.88 Å². The van der Waals surface area contributed by atoms with Crippen LogP contribution < -0.4 is 10.1 Å². The number of aryl methyl sites for hydroxylation is 1. The smallest absolute Gasteiger partial charge is 0.251 e. The zero-order valence-electron chi connectivity index (χ0n) is 17.0. The molecule has 0 atom stereocenters. The van der Waals surface area contributed by atoms with Crippen LogP contribution in [0.3, 0.4) is 0 Å². The summed E-state index contributed by atoms with van der Waals surface area (Å²) < 4.78 is 11.0. The second-order valence-electron chi connectivity index (χ2n) is 7.16. The van der Waals surface area contributed by atoms with Gasteiger partial charge < -0.3 is 19.7 Å². The van der Waals surface area contributed by atoms with Crippen molar-refractivity contribution >= 4 is 23.2 Å². The third-order valence-corrected chi connectivity index (χ3v) is 5.95. The minimum absolute atomic E-state index is 0.0863. The monoisotopic (exact) mass is 416 g/mol. The number of thiophene rings is 1. The zero-order chi connectivity index (χ0) is 20.6. The van der Waals surface area contributed by atoms with Gasteiger partial charge in [0.2, 0.25) is 5.91 Å². The van der Waals surface area contributed by atoms with Crippen molar-refractivity contribution in [2.24, 2.45) is 0 Å². The molecule has 1 N–H and O–H groups in total. The molecule has 1 saturated heterocycles. The Morgan fingerprint density at radius 1 is 1.14 bits per heavy atom. The second-order valence-corrected chi connectivity index (χ2v) is 8.53. The van der Waals surface area contributed by atoms with E-state index >= 15 is 0 Å². The van der Waals surface area contributed by atoms with Crippen molar-refractivity contribution in [3.05, 3.63) is 51.7 Å². The van der Waals surface area contributed by atoms with Gasteiger partial charge in [-0.25, -0.2) is 0 Å². The van der Waals surface area contributed by atoms with Crippen molar-refractivity contribution in [1.82, 2.24) is 10.2 Å². The van der Waals surface area contributed by atoms with Gasteiger partial charge in [0.15, 0.2) is 0 Å². The van der Waals surface area contributed by atoms with Crippen molar-refractivity contribution in [1.29, 1.82) is 0 Å². The van der Waals surface area contributed by atoms with Crippen molar-refractivity contribution in [3.63, 3.8) is 0 Å². The number of nitrogens with zero attached hydrogens (tertiary/aromatic N) is 1. The predicted molar refractivity (Wildman–Crippen MR) is 113 cm³/mol. The highest BCUT2D eigenvalue weighted by Gasteiger charge is 2.23. The number of amides is 2. The van der Waals surface area contributed by atoms with Gasteiger partial charge in [-0.2, -0.15) is 0 Å². The molecule has 1 fully saturated rings. The van der Waals surface area contributed by atoms with Crippen LogP contribution in [0, 0.1) is 6.92 Å². The fraction of sp³-hybridized carbons (Fsp3) is 0.455. The summed E-state index contributed by atoms with van der Waals surface area (Å²) in [6, 6.07) is 11.3. The number of hydrogen-bond acceptors (Lipinski definition) is 5. The minimum Gasteiger partial charge on any atom is -0.490 e. The van der Waals surface area contributed by atoms with Gasteiger partial charge in [-0.3, -0.25) is 9.59 Å². The number of carbonyl (C=O) groups excluding carboxylic acids is 2. The SMILES string of the molecule is COCCC(=O)N1CCC(Oc2ccc(C(=O)NCc3ccc(C)s3)cc2)CC1. The molecule has 0 bridgehead atoms. The van der Waals surface area contributed by atoms with Gasteiger partial charge in [0, 0.05) is 48.4 Å². The van der Waals surface area contributed by atoms with E-state index in [0.29, 0.717) is 38.2 Å². The van der Waals surface area contributed by atoms with Crippen molar-refractivity contribution in [3.8, 4) is 5.75 Å². The van der Waals surface area contributed by atoms with Gasteiger partial charge >= 0.3 is 0 Å². The van der Waals surface area contributed by atoms with Crippen LogP contribution >= 0.6 is 11.3 Å². The quantitative estimate of drug-likeness (QED) is 0.716. The van der Waals surface area contributed by atoms with E-state index in [9.17, 15) is 9.59 Å². The van der Waals surface area contributed by atoms with Gasteiger partial charge in [-0.05, 0) is 43.3 Å². The van der Waals surface area contributed by atoms with E-state index in [1.54, 1.807) is 30.6 Å². The normalized spacial score (nSPS) is 14.6. The molecule has 0 aliphatic carbocycles. The van der Waals surface area contributed by atoms with Crippen LogP contribution in [0.25, 0.3) is 0 Å². The maximum absolute atomic E-state index is 12.3. The summed E-state index contributed by atoms with van der Waals surface area (Å²) in [5.74, 6) is 0.795. The number of ether oxygens (including phenoxy) is 2. The van der Waals surface area contributed by atoms with Crippen LogP contribution in [-0.2, 0) is 16.1 Å². The van der Waals surface area contributed by atoms with Crippen LogP contribution in [0.2, 0.25) is 0 Å². The van der Waals surface area contributed by atoms with E-state index in [0.717, 1.165) is 23.5 Å². The van der Waals surface area contributed by atoms with Crippen LogP contribution in [0.15, 0.2) is 36.4 Å². The molecule has 156 valence electrons. The fourth-order valence-electron chi connectivity index (χ4n) is 3.30. The summed E-state index contributed by atoms with van der Waals surface area (Å²) in [5, 5.41) is 2.94. The standard InChI is InChI=1S/C22H28N2O4S/c1-16-3-8-20(29-16)15-23-22(26)17-4-6-18(7-5-17)28-19-9-12-24(13-10-19)21(25)11-14-27-2/h3-8,19H,9-15H2,1-2H3,(H,23,26). The molecule has 3 rings (SSSR count). The molecule has 1 aromatic heterocycles. The molecule has 0 spiro atoms. The van der Waals surface area contributed by atoms with Crippen molar-refractivity contribution in [2.45, 2.75) is 38.8 Å². The highest BCUT2D eigenvalue weighted by molar-refractivity contribution is 7.11. The lowest BCUT2D eigenvalue weighted by Gasteiger charge is -2.32. The Kier molecular flexibility index (Phi) is 7.66. The molecule has 1 aliphatic heterocycles. The molecule has 1 aliphatic rings. The molecule has 1 aromatic carbocycles. The Hall–Kier alpha value is -2.38. The Labute approximate surface area is 175 Å². The number of methoxy groups -OCH3 is 1. The number of likely N-dealkylation sites (tertiary alicyclic amines) is 1. The summed E-state index contributed by atoms with van der Waals surface area (Å²) in [6.07, 6.45) is 2.13. The summed E-state index contributed by atoms with van der Waals surface area (Å²) in [4.78, 5) is 28.6. The molecule has 7 heteroatoms. The van der Waals surface area contributed by atoms with Gasteiger partial charge in [0.05, 0.1) is 19.6 Å². The van der Waals surface area contributed by atoms with Gasteiger partial charge in [-0.1, -0.05) is 0 Å². The fourth-order valence-corrected chi connectivity index (χ4v) is 4.13. The second kappa shape index (κ2) is 10.4. The summed E-state index contributed by atoms with van der Waals surface area (Å²) >= 11 is 1.69. The first-order valence-corrected chi connectivity index (χ1v) is 10.7. The Balaban J connectivity index is 1.43. The topological polar surface area (TPSA) is 67.9 Å². The largest absolute Gasteiger partial charge is 0.490 e. The maximum Gasteiger partial charge on any atom is 0.251 e. The lowest BCUT2D eigenvalue weighted by atomic mass is 10.1. The number of nitrogens with one attached hydrogen (secondary N) is 1. The maximum atomic E-state index is 12.3. The molecule has 0 radical (unpaired) electrons. The lowest BCUT2D eigenvalue weighted by Crippen LogP contribution is -2.42. The van der Waals surface area contributed by atoms with Crippen LogP contribution in [0.1, 0.15) is 39.4 Å². The summed E-state index contributed by atoms with van der Waals surface area (Å²) in [7, 11) is 1.60. The van der Waals surface area contributed by atoms with E-state index in [-0.39, 0.29) is 17.9 Å². The van der Waals surface area contributed by atoms with E-state index < -0.39 is 0 Å². The highest BCUT2D eigenvalue weighted by atomic mass is 32.1. The van der Waals surface area contributed by atoms with E-state index in [2.05, 4.69) is 18.3 Å². The molecule has 2 aromatic rings. The van der Waals surface area contributed by atoms with Gasteiger partial charge in [0.1, 0.15) is 11.9 Å². The van der Waals surface area contributed by atoms with Crippen molar-refractivity contribution < 1.29 is 19.1 Å². The number of rotatable bonds is 8. The van der Waals surface area contributed by atoms with E-state index in [1.807, 2.05) is 23.1 Å². The number of piperidine rings is 1. The molecule has 0 unspecified atom stereocenters. The first kappa shape index (κ1) is 21.3. The molecular weight excluding hydrogens is 388 g/mol. The minimum atomic E-state index is -0.0921. The van der Waals surface area contributed by atoms with E-state index in [4.69, 9.17) is 9.47 Å². The average molecular weight is 417 g/mol. The molecule has 29 heavy (non-hydrogen) atoms. The zero-order valence-corrected chi connectivity index (χ0v) is 17.8. The number of benzene rings is 1. The number of hydrogen-bond donors (Lipinski definition) is 1. The molecule has 2 amide bonds. The molecule has 6 nitrogen and oxygen atoms in total.